The van der Waals surface area contributed by atoms with E-state index in [1.807, 2.05) is 12.1 Å². The summed E-state index contributed by atoms with van der Waals surface area (Å²) < 4.78 is 6.03. The summed E-state index contributed by atoms with van der Waals surface area (Å²) in [5.74, 6) is 1.77. The Hall–Kier alpha value is -1.32. The second-order valence-corrected chi connectivity index (χ2v) is 6.03. The van der Waals surface area contributed by atoms with Crippen molar-refractivity contribution >= 4 is 11.0 Å². The Morgan fingerprint density at radius 1 is 1.19 bits per heavy atom. The van der Waals surface area contributed by atoms with Gasteiger partial charge in [0.05, 0.1) is 6.04 Å². The van der Waals surface area contributed by atoms with Crippen molar-refractivity contribution < 1.29 is 4.42 Å². The lowest BCUT2D eigenvalue weighted by molar-refractivity contribution is 0.242. The zero-order chi connectivity index (χ0) is 15.2. The number of rotatable bonds is 8. The number of hydrogen-bond acceptors (Lipinski definition) is 3. The van der Waals surface area contributed by atoms with Crippen LogP contribution in [0.2, 0.25) is 0 Å². The summed E-state index contributed by atoms with van der Waals surface area (Å²) in [6.07, 6.45) is 1.22. The molecule has 3 nitrogen and oxygen atoms in total. The van der Waals surface area contributed by atoms with E-state index in [0.29, 0.717) is 0 Å². The fraction of sp³-hybridized carbons (Fsp3) is 0.556. The van der Waals surface area contributed by atoms with Crippen LogP contribution in [0.5, 0.6) is 0 Å². The van der Waals surface area contributed by atoms with Gasteiger partial charge in [0.2, 0.25) is 0 Å². The average molecular weight is 288 g/mol. The third-order valence-corrected chi connectivity index (χ3v) is 4.05. The number of nitrogens with one attached hydrogen (secondary N) is 1. The lowest BCUT2D eigenvalue weighted by Gasteiger charge is -2.25. The van der Waals surface area contributed by atoms with Crippen LogP contribution in [0.4, 0.5) is 0 Å². The highest BCUT2D eigenvalue weighted by Gasteiger charge is 2.18. The molecule has 0 bridgehead atoms. The van der Waals surface area contributed by atoms with Crippen molar-refractivity contribution in [1.82, 2.24) is 10.2 Å². The molecule has 0 saturated heterocycles. The molecular weight excluding hydrogens is 260 g/mol. The first-order valence-corrected chi connectivity index (χ1v) is 8.04. The van der Waals surface area contributed by atoms with Gasteiger partial charge in [-0.15, -0.1) is 0 Å². The van der Waals surface area contributed by atoms with Crippen LogP contribution in [0.15, 0.2) is 34.7 Å². The molecule has 21 heavy (non-hydrogen) atoms. The van der Waals surface area contributed by atoms with E-state index >= 15 is 0 Å². The van der Waals surface area contributed by atoms with Gasteiger partial charge in [-0.1, -0.05) is 45.4 Å². The fourth-order valence-electron chi connectivity index (χ4n) is 2.72. The van der Waals surface area contributed by atoms with Crippen LogP contribution in [0, 0.1) is 5.92 Å². The largest absolute Gasteiger partial charge is 0.459 e. The van der Waals surface area contributed by atoms with Crippen molar-refractivity contribution in [2.75, 3.05) is 26.7 Å². The van der Waals surface area contributed by atoms with Crippen LogP contribution in [0.3, 0.4) is 0 Å². The predicted octanol–water partition coefficient (Wildman–Crippen LogP) is 4.06. The number of furan rings is 1. The highest BCUT2D eigenvalue weighted by molar-refractivity contribution is 5.77. The first-order valence-electron chi connectivity index (χ1n) is 8.04. The molecule has 2 rings (SSSR count). The molecule has 2 unspecified atom stereocenters. The van der Waals surface area contributed by atoms with Crippen molar-refractivity contribution in [3.8, 4) is 0 Å². The minimum absolute atomic E-state index is 0.247. The molecule has 0 saturated carbocycles. The van der Waals surface area contributed by atoms with Gasteiger partial charge in [-0.25, -0.2) is 0 Å². The van der Waals surface area contributed by atoms with E-state index in [1.165, 1.54) is 11.8 Å². The Bertz CT molecular complexity index is 516. The molecule has 0 spiro atoms. The van der Waals surface area contributed by atoms with Gasteiger partial charge in [0.1, 0.15) is 11.3 Å². The Balaban J connectivity index is 2.10. The van der Waals surface area contributed by atoms with E-state index in [9.17, 15) is 0 Å². The van der Waals surface area contributed by atoms with Crippen LogP contribution in [-0.2, 0) is 0 Å². The van der Waals surface area contributed by atoms with E-state index in [4.69, 9.17) is 4.42 Å². The molecule has 116 valence electrons. The predicted molar refractivity (Wildman–Crippen MR) is 89.6 cm³/mol. The third kappa shape index (κ3) is 4.32. The summed E-state index contributed by atoms with van der Waals surface area (Å²) in [6.45, 7) is 9.74. The minimum Gasteiger partial charge on any atom is -0.459 e. The van der Waals surface area contributed by atoms with Crippen molar-refractivity contribution in [2.45, 2.75) is 33.2 Å². The summed E-state index contributed by atoms with van der Waals surface area (Å²) in [5, 5.41) is 4.73. The third-order valence-electron chi connectivity index (χ3n) is 4.05. The molecule has 0 amide bonds. The molecule has 1 aromatic carbocycles. The number of likely N-dealkylation sites (N-methyl/N-ethyl adjacent to an activating group) is 2. The highest BCUT2D eigenvalue weighted by atomic mass is 16.3. The number of fused-ring (bicyclic) bond motifs is 1. The van der Waals surface area contributed by atoms with Crippen molar-refractivity contribution in [3.63, 3.8) is 0 Å². The summed E-state index contributed by atoms with van der Waals surface area (Å²) in [7, 11) is 2.19. The maximum Gasteiger partial charge on any atom is 0.134 e. The number of benzene rings is 1. The zero-order valence-corrected chi connectivity index (χ0v) is 13.7. The van der Waals surface area contributed by atoms with Gasteiger partial charge in [-0.2, -0.15) is 0 Å². The molecule has 1 aromatic heterocycles. The van der Waals surface area contributed by atoms with Crippen LogP contribution >= 0.6 is 0 Å². The van der Waals surface area contributed by atoms with Crippen LogP contribution < -0.4 is 5.32 Å². The van der Waals surface area contributed by atoms with Gasteiger partial charge >= 0.3 is 0 Å². The van der Waals surface area contributed by atoms with Gasteiger partial charge in [-0.3, -0.25) is 0 Å². The Labute approximate surface area is 128 Å². The molecule has 1 N–H and O–H groups in total. The van der Waals surface area contributed by atoms with Gasteiger partial charge in [-0.05, 0) is 31.6 Å². The summed E-state index contributed by atoms with van der Waals surface area (Å²) in [5.41, 5.74) is 0.972. The maximum absolute atomic E-state index is 6.03. The SMILES string of the molecule is CCNC(CN(C)CC(C)CC)c1cc2ccccc2o1. The second kappa shape index (κ2) is 7.62. The lowest BCUT2D eigenvalue weighted by atomic mass is 10.1. The molecule has 0 aliphatic rings. The van der Waals surface area contributed by atoms with Crippen molar-refractivity contribution in [2.24, 2.45) is 5.92 Å². The number of hydrogen-bond donors (Lipinski definition) is 1. The number of para-hydroxylation sites is 1. The van der Waals surface area contributed by atoms with Gasteiger partial charge in [0, 0.05) is 18.5 Å². The van der Waals surface area contributed by atoms with E-state index < -0.39 is 0 Å². The van der Waals surface area contributed by atoms with Crippen LogP contribution in [0.25, 0.3) is 11.0 Å². The first kappa shape index (κ1) is 16.1. The Morgan fingerprint density at radius 2 is 1.95 bits per heavy atom. The van der Waals surface area contributed by atoms with Gasteiger partial charge in [0.15, 0.2) is 0 Å². The molecule has 0 fully saturated rings. The summed E-state index contributed by atoms with van der Waals surface area (Å²) in [6, 6.07) is 10.6. The van der Waals surface area contributed by atoms with E-state index in [2.05, 4.69) is 56.2 Å². The smallest absolute Gasteiger partial charge is 0.134 e. The molecule has 0 aliphatic heterocycles. The molecule has 0 radical (unpaired) electrons. The Morgan fingerprint density at radius 3 is 2.62 bits per heavy atom. The maximum atomic E-state index is 6.03. The highest BCUT2D eigenvalue weighted by Crippen LogP contribution is 2.24. The molecule has 1 heterocycles. The topological polar surface area (TPSA) is 28.4 Å². The minimum atomic E-state index is 0.247. The first-order chi connectivity index (χ1) is 10.1. The Kier molecular flexibility index (Phi) is 5.83. The summed E-state index contributed by atoms with van der Waals surface area (Å²) in [4.78, 5) is 2.40. The van der Waals surface area contributed by atoms with Crippen LogP contribution in [0.1, 0.15) is 39.0 Å². The van der Waals surface area contributed by atoms with Crippen molar-refractivity contribution in [3.05, 3.63) is 36.1 Å². The van der Waals surface area contributed by atoms with E-state index in [1.54, 1.807) is 0 Å². The monoisotopic (exact) mass is 288 g/mol. The van der Waals surface area contributed by atoms with E-state index in [0.717, 1.165) is 36.9 Å². The second-order valence-electron chi connectivity index (χ2n) is 6.03. The standard InChI is InChI=1S/C18H28N2O/c1-5-14(3)12-20(4)13-16(19-6-2)18-11-15-9-7-8-10-17(15)21-18/h7-11,14,16,19H,5-6,12-13H2,1-4H3. The molecule has 2 aromatic rings. The molecule has 3 heteroatoms. The molecule has 0 aliphatic carbocycles. The summed E-state index contributed by atoms with van der Waals surface area (Å²) >= 11 is 0. The molecule has 2 atom stereocenters. The van der Waals surface area contributed by atoms with Crippen LogP contribution in [-0.4, -0.2) is 31.6 Å². The lowest BCUT2D eigenvalue weighted by Crippen LogP contribution is -2.35. The van der Waals surface area contributed by atoms with Gasteiger partial charge in [0.25, 0.3) is 0 Å². The fourth-order valence-corrected chi connectivity index (χ4v) is 2.72. The molecular formula is C18H28N2O. The average Bonchev–Trinajstić information content (AvgIpc) is 2.90. The normalized spacial score (nSPS) is 14.7. The quantitative estimate of drug-likeness (QED) is 0.794. The zero-order valence-electron chi connectivity index (χ0n) is 13.7. The van der Waals surface area contributed by atoms with Crippen molar-refractivity contribution in [1.29, 1.82) is 0 Å². The number of nitrogens with zero attached hydrogens (tertiary/aromatic N) is 1. The van der Waals surface area contributed by atoms with E-state index in [-0.39, 0.29) is 6.04 Å². The van der Waals surface area contributed by atoms with Gasteiger partial charge < -0.3 is 14.6 Å².